The molecule has 5 fully saturated rings. The highest BCUT2D eigenvalue weighted by Crippen LogP contribution is 2.57. The van der Waals surface area contributed by atoms with Crippen LogP contribution in [0.25, 0.3) is 0 Å². The van der Waals surface area contributed by atoms with Gasteiger partial charge < -0.3 is 54.5 Å². The first-order valence-corrected chi connectivity index (χ1v) is 13.8. The predicted molar refractivity (Wildman–Crippen MR) is 139 cm³/mol. The van der Waals surface area contributed by atoms with Crippen molar-refractivity contribution in [3.8, 4) is 0 Å². The van der Waals surface area contributed by atoms with Gasteiger partial charge in [-0.15, -0.1) is 0 Å². The molecule has 14 nitrogen and oxygen atoms in total. The van der Waals surface area contributed by atoms with Crippen LogP contribution in [0.4, 0.5) is 0 Å². The molecule has 5 rings (SSSR count). The Morgan fingerprint density at radius 1 is 1.12 bits per heavy atom. The van der Waals surface area contributed by atoms with Crippen LogP contribution in [0.3, 0.4) is 0 Å². The first kappa shape index (κ1) is 30.9. The highest BCUT2D eigenvalue weighted by Gasteiger charge is 2.79. The van der Waals surface area contributed by atoms with Crippen LogP contribution in [0.2, 0.25) is 0 Å². The smallest absolute Gasteiger partial charge is 0.259 e. The second kappa shape index (κ2) is 11.2. The van der Waals surface area contributed by atoms with Crippen molar-refractivity contribution in [1.82, 2.24) is 5.32 Å². The number of Topliss-reactive ketones (excluding diaryl/α,β-unsaturated/α-hetero) is 2. The number of ketones is 2. The summed E-state index contributed by atoms with van der Waals surface area (Å²) in [5, 5.41) is 52.5. The summed E-state index contributed by atoms with van der Waals surface area (Å²) in [6.07, 6.45) is -4.94. The second-order valence-corrected chi connectivity index (χ2v) is 11.7. The van der Waals surface area contributed by atoms with Gasteiger partial charge in [-0.3, -0.25) is 14.4 Å². The molecule has 0 unspecified atom stereocenters. The van der Waals surface area contributed by atoms with Crippen molar-refractivity contribution >= 4 is 17.5 Å². The Morgan fingerprint density at radius 3 is 2.48 bits per heavy atom. The third-order valence-electron chi connectivity index (χ3n) is 8.74. The predicted octanol–water partition coefficient (Wildman–Crippen LogP) is -1.69. The van der Waals surface area contributed by atoms with Crippen LogP contribution in [0.15, 0.2) is 35.1 Å². The molecule has 42 heavy (non-hydrogen) atoms. The van der Waals surface area contributed by atoms with E-state index in [-0.39, 0.29) is 36.3 Å². The lowest BCUT2D eigenvalue weighted by Gasteiger charge is -2.52. The molecule has 5 aliphatic rings. The van der Waals surface area contributed by atoms with Crippen LogP contribution in [0.5, 0.6) is 0 Å². The lowest BCUT2D eigenvalue weighted by molar-refractivity contribution is -0.364. The lowest BCUT2D eigenvalue weighted by Crippen LogP contribution is -2.68. The molecule has 5 aliphatic heterocycles. The van der Waals surface area contributed by atoms with Crippen LogP contribution < -0.4 is 5.32 Å². The van der Waals surface area contributed by atoms with Crippen LogP contribution >= 0.6 is 0 Å². The average molecular weight is 596 g/mol. The van der Waals surface area contributed by atoms with E-state index in [9.17, 15) is 39.9 Å². The number of rotatable bonds is 8. The molecule has 0 saturated carbocycles. The third kappa shape index (κ3) is 5.04. The number of allylic oxidation sites excluding steroid dienone is 3. The van der Waals surface area contributed by atoms with Crippen molar-refractivity contribution in [2.24, 2.45) is 11.8 Å². The zero-order chi connectivity index (χ0) is 30.7. The molecule has 0 aromatic carbocycles. The summed E-state index contributed by atoms with van der Waals surface area (Å²) in [5.41, 5.74) is -0.962. The first-order chi connectivity index (χ1) is 19.7. The van der Waals surface area contributed by atoms with Crippen molar-refractivity contribution in [3.63, 3.8) is 0 Å². The number of aliphatic hydroxyl groups is 5. The SMILES string of the molecule is CC(/C=C/C(O)=C1/C(=O)CNC1=O)=C\[C@@H](C)[C@H]1O[C@@]2(C)O[C@H](C(=O)[C@@H]3O[C@@]32CO[C@H]2O[C@H](CO)[C@@H](O)[C@H](O)[C@H]2O)[C@@H]1C. The lowest BCUT2D eigenvalue weighted by atomic mass is 9.78. The van der Waals surface area contributed by atoms with Gasteiger partial charge in [-0.05, 0) is 19.9 Å². The molecule has 2 bridgehead atoms. The topological polar surface area (TPSA) is 214 Å². The molecule has 232 valence electrons. The number of fused-ring (bicyclic) bond motifs is 4. The van der Waals surface area contributed by atoms with Crippen LogP contribution in [0, 0.1) is 11.8 Å². The fourth-order valence-electron chi connectivity index (χ4n) is 6.21. The quantitative estimate of drug-likeness (QED) is 0.0608. The van der Waals surface area contributed by atoms with E-state index in [0.717, 1.165) is 0 Å². The van der Waals surface area contributed by atoms with Gasteiger partial charge in [-0.1, -0.05) is 31.6 Å². The van der Waals surface area contributed by atoms with E-state index >= 15 is 0 Å². The van der Waals surface area contributed by atoms with Gasteiger partial charge >= 0.3 is 0 Å². The molecule has 0 radical (unpaired) electrons. The highest BCUT2D eigenvalue weighted by atomic mass is 16.8. The van der Waals surface area contributed by atoms with Gasteiger partial charge in [0.2, 0.25) is 5.79 Å². The van der Waals surface area contributed by atoms with E-state index in [0.29, 0.717) is 5.57 Å². The Hall–Kier alpha value is -2.53. The Kier molecular flexibility index (Phi) is 8.24. The fraction of sp³-hybridized carbons (Fsp3) is 0.679. The summed E-state index contributed by atoms with van der Waals surface area (Å²) in [6, 6.07) is 0. The van der Waals surface area contributed by atoms with Crippen molar-refractivity contribution in [3.05, 3.63) is 35.1 Å². The molecule has 0 aliphatic carbocycles. The third-order valence-corrected chi connectivity index (χ3v) is 8.74. The minimum Gasteiger partial charge on any atom is -0.507 e. The summed E-state index contributed by atoms with van der Waals surface area (Å²) >= 11 is 0. The van der Waals surface area contributed by atoms with Crippen molar-refractivity contribution in [2.75, 3.05) is 19.8 Å². The Labute approximate surface area is 241 Å². The van der Waals surface area contributed by atoms with Gasteiger partial charge in [0.1, 0.15) is 41.9 Å². The Balaban J connectivity index is 1.31. The van der Waals surface area contributed by atoms with Crippen molar-refractivity contribution < 1.29 is 63.6 Å². The minimum atomic E-state index is -1.63. The molecular weight excluding hydrogens is 558 g/mol. The Bertz CT molecular complexity index is 1210. The maximum absolute atomic E-state index is 13.3. The van der Waals surface area contributed by atoms with Crippen LogP contribution in [0.1, 0.15) is 27.7 Å². The van der Waals surface area contributed by atoms with Gasteiger partial charge in [-0.25, -0.2) is 0 Å². The van der Waals surface area contributed by atoms with Gasteiger partial charge in [0.05, 0.1) is 25.9 Å². The average Bonchev–Trinajstić information content (AvgIpc) is 3.62. The molecule has 6 N–H and O–H groups in total. The molecule has 1 amide bonds. The van der Waals surface area contributed by atoms with E-state index < -0.39 is 84.5 Å². The summed E-state index contributed by atoms with van der Waals surface area (Å²) in [5.74, 6) is -3.91. The summed E-state index contributed by atoms with van der Waals surface area (Å²) in [7, 11) is 0. The molecule has 0 spiro atoms. The monoisotopic (exact) mass is 595 g/mol. The maximum Gasteiger partial charge on any atom is 0.259 e. The number of hydrogen-bond acceptors (Lipinski definition) is 13. The molecule has 14 heteroatoms. The molecular formula is C28H37NO13. The number of amides is 1. The van der Waals surface area contributed by atoms with E-state index in [2.05, 4.69) is 5.32 Å². The van der Waals surface area contributed by atoms with E-state index in [4.69, 9.17) is 23.7 Å². The van der Waals surface area contributed by atoms with E-state index in [1.54, 1.807) is 19.9 Å². The molecule has 0 aromatic rings. The number of aliphatic hydroxyl groups excluding tert-OH is 5. The summed E-state index contributed by atoms with van der Waals surface area (Å²) in [6.45, 7) is 6.04. The van der Waals surface area contributed by atoms with Gasteiger partial charge in [0, 0.05) is 11.8 Å². The van der Waals surface area contributed by atoms with Crippen LogP contribution in [-0.2, 0) is 38.1 Å². The molecule has 12 atom stereocenters. The van der Waals surface area contributed by atoms with Gasteiger partial charge in [-0.2, -0.15) is 0 Å². The van der Waals surface area contributed by atoms with Crippen LogP contribution in [-0.4, -0.2) is 123 Å². The van der Waals surface area contributed by atoms with Crippen molar-refractivity contribution in [2.45, 2.75) is 88.1 Å². The van der Waals surface area contributed by atoms with E-state index in [1.165, 1.54) is 6.08 Å². The number of nitrogens with one attached hydrogen (secondary N) is 1. The van der Waals surface area contributed by atoms with Crippen molar-refractivity contribution in [1.29, 1.82) is 0 Å². The highest BCUT2D eigenvalue weighted by molar-refractivity contribution is 6.25. The second-order valence-electron chi connectivity index (χ2n) is 11.7. The molecule has 5 saturated heterocycles. The summed E-state index contributed by atoms with van der Waals surface area (Å²) < 4.78 is 29.6. The minimum absolute atomic E-state index is 0.158. The zero-order valence-corrected chi connectivity index (χ0v) is 23.6. The maximum atomic E-state index is 13.3. The molecule has 0 aromatic heterocycles. The number of carbonyl (C=O) groups is 3. The fourth-order valence-corrected chi connectivity index (χ4v) is 6.21. The first-order valence-electron chi connectivity index (χ1n) is 13.8. The Morgan fingerprint density at radius 2 is 1.83 bits per heavy atom. The van der Waals surface area contributed by atoms with Gasteiger partial charge in [0.25, 0.3) is 5.91 Å². The number of ether oxygens (including phenoxy) is 5. The standard InChI is InChI=1S/C28H37NO13/c1-11(5-6-14(31)17-15(32)8-29-25(17)37)7-12(2)22-13(3)23-21(36)24-28(42-24,27(4,40-22)41-23)10-38-26-20(35)19(34)18(33)16(9-30)39-26/h5-7,12-13,16,18-20,22-24,26,30-31,33-35H,8-10H2,1-4H3,(H,29,37)/b6-5+,11-7+,17-14+/t12-,13-,16-,18-,19+,20-,22-,23+,24+,26+,27+,28+/m1/s1. The number of carbonyl (C=O) groups excluding carboxylic acids is 3. The van der Waals surface area contributed by atoms with Gasteiger partial charge in [0.15, 0.2) is 29.6 Å². The molecule has 5 heterocycles. The zero-order valence-electron chi connectivity index (χ0n) is 23.6. The number of epoxide rings is 1. The van der Waals surface area contributed by atoms with E-state index in [1.807, 2.05) is 19.9 Å². The summed E-state index contributed by atoms with van der Waals surface area (Å²) in [4.78, 5) is 36.9. The largest absolute Gasteiger partial charge is 0.507 e. The number of hydrogen-bond donors (Lipinski definition) is 6. The normalized spacial score (nSPS) is 45.6.